The molecule has 1 heterocycles. The lowest BCUT2D eigenvalue weighted by molar-refractivity contribution is 0.227. The Hall–Kier alpha value is -0.530. The molecule has 0 spiro atoms. The zero-order valence-corrected chi connectivity index (χ0v) is 12.1. The second-order valence-corrected chi connectivity index (χ2v) is 6.78. The fraction of sp³-hybridized carbons (Fsp3) is 0.545. The van der Waals surface area contributed by atoms with Crippen LogP contribution < -0.4 is 0 Å². The smallest absolute Gasteiger partial charge is 0.241 e. The molecule has 1 aromatic heterocycles. The first kappa shape index (κ1) is 13.9. The highest BCUT2D eigenvalue weighted by Gasteiger charge is 2.36. The molecule has 7 heteroatoms. The van der Waals surface area contributed by atoms with Gasteiger partial charge in [0.2, 0.25) is 5.03 Å². The first-order chi connectivity index (χ1) is 8.57. The summed E-state index contributed by atoms with van der Waals surface area (Å²) in [6.07, 6.45) is 3.98. The van der Waals surface area contributed by atoms with E-state index >= 15 is 0 Å². The minimum Gasteiger partial charge on any atom is -0.241 e. The molecule has 1 aromatic rings. The van der Waals surface area contributed by atoms with Crippen LogP contribution in [0.1, 0.15) is 19.3 Å². The number of pyridine rings is 1. The summed E-state index contributed by atoms with van der Waals surface area (Å²) < 4.78 is 39.7. The van der Waals surface area contributed by atoms with E-state index in [1.165, 1.54) is 16.6 Å². The van der Waals surface area contributed by atoms with Gasteiger partial charge in [-0.3, -0.25) is 0 Å². The molecule has 0 N–H and O–H groups in total. The zero-order chi connectivity index (χ0) is 13.2. The zero-order valence-electron chi connectivity index (χ0n) is 9.72. The quantitative estimate of drug-likeness (QED) is 0.774. The van der Waals surface area contributed by atoms with Crippen LogP contribution in [0.4, 0.5) is 4.39 Å². The van der Waals surface area contributed by atoms with Crippen molar-refractivity contribution in [2.24, 2.45) is 0 Å². The summed E-state index contributed by atoms with van der Waals surface area (Å²) in [5, 5.41) is 0.0508. The minimum atomic E-state index is -3.84. The molecule has 0 bridgehead atoms. The molecule has 1 fully saturated rings. The van der Waals surface area contributed by atoms with Gasteiger partial charge in [-0.2, -0.15) is 4.31 Å². The lowest BCUT2D eigenvalue weighted by Crippen LogP contribution is -2.45. The molecule has 1 aliphatic carbocycles. The molecule has 4 nitrogen and oxygen atoms in total. The molecule has 100 valence electrons. The van der Waals surface area contributed by atoms with Crippen molar-refractivity contribution in [3.63, 3.8) is 0 Å². The number of alkyl halides is 1. The van der Waals surface area contributed by atoms with Crippen molar-refractivity contribution in [2.75, 3.05) is 11.9 Å². The standard InChI is InChI=1S/C11H14BrFN2O2S/c12-6-8-15(9-3-1-4-9)18(16,17)11-10(13)5-2-7-14-11/h2,5,7,9H,1,3-4,6,8H2. The van der Waals surface area contributed by atoms with Crippen LogP contribution in [0, 0.1) is 5.82 Å². The van der Waals surface area contributed by atoms with Crippen molar-refractivity contribution in [2.45, 2.75) is 30.3 Å². The minimum absolute atomic E-state index is 0.0195. The molecular formula is C11H14BrFN2O2S. The van der Waals surface area contributed by atoms with E-state index in [-0.39, 0.29) is 6.04 Å². The first-order valence-electron chi connectivity index (χ1n) is 5.75. The summed E-state index contributed by atoms with van der Waals surface area (Å²) in [5.74, 6) is -0.795. The predicted molar refractivity (Wildman–Crippen MR) is 69.5 cm³/mol. The van der Waals surface area contributed by atoms with E-state index in [1.54, 1.807) is 0 Å². The molecule has 0 aromatic carbocycles. The SMILES string of the molecule is O=S(=O)(c1ncccc1F)N(CCBr)C1CCC1. The van der Waals surface area contributed by atoms with Gasteiger partial charge in [-0.25, -0.2) is 17.8 Å². The van der Waals surface area contributed by atoms with Gasteiger partial charge in [-0.05, 0) is 25.0 Å². The Bertz CT molecular complexity index is 520. The van der Waals surface area contributed by atoms with Crippen LogP contribution in [0.15, 0.2) is 23.4 Å². The maximum atomic E-state index is 13.6. The molecular weight excluding hydrogens is 323 g/mol. The molecule has 0 amide bonds. The van der Waals surface area contributed by atoms with E-state index in [2.05, 4.69) is 20.9 Å². The average Bonchev–Trinajstić information content (AvgIpc) is 2.26. The average molecular weight is 337 g/mol. The van der Waals surface area contributed by atoms with Crippen LogP contribution >= 0.6 is 15.9 Å². The fourth-order valence-corrected chi connectivity index (χ4v) is 4.21. The molecule has 0 atom stereocenters. The highest BCUT2D eigenvalue weighted by atomic mass is 79.9. The van der Waals surface area contributed by atoms with Gasteiger partial charge in [-0.15, -0.1) is 0 Å². The maximum Gasteiger partial charge on any atom is 0.263 e. The van der Waals surface area contributed by atoms with Gasteiger partial charge in [0.25, 0.3) is 10.0 Å². The number of sulfonamides is 1. The molecule has 0 unspecified atom stereocenters. The van der Waals surface area contributed by atoms with Crippen molar-refractivity contribution >= 4 is 26.0 Å². The Morgan fingerprint density at radius 1 is 1.50 bits per heavy atom. The van der Waals surface area contributed by atoms with Crippen molar-refractivity contribution in [1.29, 1.82) is 0 Å². The van der Waals surface area contributed by atoms with E-state index in [4.69, 9.17) is 0 Å². The van der Waals surface area contributed by atoms with Gasteiger partial charge in [0.15, 0.2) is 5.82 Å². The second kappa shape index (κ2) is 5.63. The van der Waals surface area contributed by atoms with Gasteiger partial charge in [0, 0.05) is 24.1 Å². The number of nitrogens with zero attached hydrogens (tertiary/aromatic N) is 2. The van der Waals surface area contributed by atoms with Crippen LogP contribution in [0.3, 0.4) is 0 Å². The van der Waals surface area contributed by atoms with Crippen molar-refractivity contribution in [3.8, 4) is 0 Å². The molecule has 2 rings (SSSR count). The normalized spacial score (nSPS) is 16.8. The molecule has 0 aliphatic heterocycles. The summed E-state index contributed by atoms with van der Waals surface area (Å²) in [7, 11) is -3.84. The highest BCUT2D eigenvalue weighted by Crippen LogP contribution is 2.29. The van der Waals surface area contributed by atoms with E-state index in [0.29, 0.717) is 11.9 Å². The third kappa shape index (κ3) is 2.57. The molecule has 1 aliphatic rings. The van der Waals surface area contributed by atoms with E-state index in [1.807, 2.05) is 0 Å². The Morgan fingerprint density at radius 2 is 2.22 bits per heavy atom. The number of hydrogen-bond acceptors (Lipinski definition) is 3. The van der Waals surface area contributed by atoms with Gasteiger partial charge in [0.05, 0.1) is 0 Å². The third-order valence-electron chi connectivity index (χ3n) is 3.06. The number of hydrogen-bond donors (Lipinski definition) is 0. The second-order valence-electron chi connectivity index (χ2n) is 4.18. The summed E-state index contributed by atoms with van der Waals surface area (Å²) in [6, 6.07) is 2.48. The van der Waals surface area contributed by atoms with Crippen molar-refractivity contribution in [3.05, 3.63) is 24.1 Å². The lowest BCUT2D eigenvalue weighted by Gasteiger charge is -2.35. The van der Waals surface area contributed by atoms with Crippen LogP contribution in [0.2, 0.25) is 0 Å². The fourth-order valence-electron chi connectivity index (χ4n) is 1.93. The number of rotatable bonds is 5. The Labute approximate surface area is 114 Å². The summed E-state index contributed by atoms with van der Waals surface area (Å²) in [4.78, 5) is 3.67. The van der Waals surface area contributed by atoms with Gasteiger partial charge in [0.1, 0.15) is 0 Å². The van der Waals surface area contributed by atoms with Crippen molar-refractivity contribution < 1.29 is 12.8 Å². The van der Waals surface area contributed by atoms with Gasteiger partial charge >= 0.3 is 0 Å². The van der Waals surface area contributed by atoms with E-state index in [0.717, 1.165) is 25.3 Å². The van der Waals surface area contributed by atoms with Crippen molar-refractivity contribution in [1.82, 2.24) is 9.29 Å². The maximum absolute atomic E-state index is 13.6. The molecule has 0 saturated heterocycles. The van der Waals surface area contributed by atoms with E-state index in [9.17, 15) is 12.8 Å². The first-order valence-corrected chi connectivity index (χ1v) is 8.32. The van der Waals surface area contributed by atoms with Gasteiger partial charge in [-0.1, -0.05) is 22.4 Å². The van der Waals surface area contributed by atoms with Gasteiger partial charge < -0.3 is 0 Å². The summed E-state index contributed by atoms with van der Waals surface area (Å²) in [5.41, 5.74) is 0. The Kier molecular flexibility index (Phi) is 4.34. The largest absolute Gasteiger partial charge is 0.263 e. The molecule has 18 heavy (non-hydrogen) atoms. The monoisotopic (exact) mass is 336 g/mol. The Morgan fingerprint density at radius 3 is 2.72 bits per heavy atom. The molecule has 1 saturated carbocycles. The van der Waals surface area contributed by atoms with Crippen LogP contribution in [-0.4, -0.2) is 35.6 Å². The number of aromatic nitrogens is 1. The topological polar surface area (TPSA) is 50.3 Å². The van der Waals surface area contributed by atoms with Crippen LogP contribution in [0.25, 0.3) is 0 Å². The summed E-state index contributed by atoms with van der Waals surface area (Å²) in [6.45, 7) is 0.336. The van der Waals surface area contributed by atoms with E-state index < -0.39 is 20.9 Å². The Balaban J connectivity index is 2.36. The number of halogens is 2. The lowest BCUT2D eigenvalue weighted by atomic mass is 9.93. The predicted octanol–water partition coefficient (Wildman–Crippen LogP) is 2.16. The highest BCUT2D eigenvalue weighted by molar-refractivity contribution is 9.09. The van der Waals surface area contributed by atoms with Crippen LogP contribution in [0.5, 0.6) is 0 Å². The summed E-state index contributed by atoms with van der Waals surface area (Å²) >= 11 is 3.23. The molecule has 0 radical (unpaired) electrons. The third-order valence-corrected chi connectivity index (χ3v) is 5.31. The van der Waals surface area contributed by atoms with Crippen LogP contribution in [-0.2, 0) is 10.0 Å².